The summed E-state index contributed by atoms with van der Waals surface area (Å²) in [6, 6.07) is 8.76. The third-order valence-corrected chi connectivity index (χ3v) is 5.50. The van der Waals surface area contributed by atoms with Crippen LogP contribution in [0, 0.1) is 0 Å². The molecule has 0 fully saturated rings. The molecule has 1 aromatic carbocycles. The van der Waals surface area contributed by atoms with Gasteiger partial charge in [-0.2, -0.15) is 0 Å². The van der Waals surface area contributed by atoms with Gasteiger partial charge in [0.1, 0.15) is 11.7 Å². The van der Waals surface area contributed by atoms with Gasteiger partial charge in [0.2, 0.25) is 0 Å². The van der Waals surface area contributed by atoms with E-state index in [0.717, 1.165) is 6.42 Å². The fourth-order valence-corrected chi connectivity index (χ4v) is 4.15. The van der Waals surface area contributed by atoms with Gasteiger partial charge < -0.3 is 4.74 Å². The minimum atomic E-state index is -0.0958. The summed E-state index contributed by atoms with van der Waals surface area (Å²) < 4.78 is 6.30. The highest BCUT2D eigenvalue weighted by molar-refractivity contribution is 5.47. The molecule has 2 aliphatic rings. The number of rotatable bonds is 11. The lowest BCUT2D eigenvalue weighted by molar-refractivity contribution is -0.0103. The average Bonchev–Trinajstić information content (AvgIpc) is 3.14. The Hall–Kier alpha value is -1.08. The van der Waals surface area contributed by atoms with Crippen LogP contribution in [0.2, 0.25) is 0 Å². The quantitative estimate of drug-likeness (QED) is 0.321. The van der Waals surface area contributed by atoms with Gasteiger partial charge in [-0.05, 0) is 30.0 Å². The second-order valence-corrected chi connectivity index (χ2v) is 7.31. The normalized spacial score (nSPS) is 24.3. The monoisotopic (exact) mass is 312 g/mol. The minimum absolute atomic E-state index is 0.0958. The lowest BCUT2D eigenvalue weighted by Gasteiger charge is -2.24. The van der Waals surface area contributed by atoms with E-state index in [4.69, 9.17) is 4.74 Å². The van der Waals surface area contributed by atoms with Crippen LogP contribution in [-0.4, -0.2) is 0 Å². The largest absolute Gasteiger partial charge is 0.354 e. The maximum Gasteiger partial charge on any atom is 0.113 e. The molecule has 126 valence electrons. The van der Waals surface area contributed by atoms with E-state index in [2.05, 4.69) is 43.3 Å². The van der Waals surface area contributed by atoms with Crippen molar-refractivity contribution in [1.29, 1.82) is 0 Å². The Kier molecular flexibility index (Phi) is 5.94. The van der Waals surface area contributed by atoms with Gasteiger partial charge in [-0.3, -0.25) is 0 Å². The molecule has 2 bridgehead atoms. The molecular formula is C22H32O. The van der Waals surface area contributed by atoms with Gasteiger partial charge in [-0.15, -0.1) is 0 Å². The maximum absolute atomic E-state index is 6.30. The number of hydrogen-bond donors (Lipinski definition) is 0. The lowest BCUT2D eigenvalue weighted by atomic mass is 9.83. The van der Waals surface area contributed by atoms with Gasteiger partial charge in [0, 0.05) is 0 Å². The molecule has 0 N–H and O–H groups in total. The predicted octanol–water partition coefficient (Wildman–Crippen LogP) is 6.83. The van der Waals surface area contributed by atoms with E-state index in [-0.39, 0.29) is 11.7 Å². The molecule has 2 aliphatic heterocycles. The second-order valence-electron chi connectivity index (χ2n) is 7.31. The van der Waals surface area contributed by atoms with Crippen molar-refractivity contribution < 1.29 is 4.74 Å². The average molecular weight is 312 g/mol. The lowest BCUT2D eigenvalue weighted by Crippen LogP contribution is -2.20. The molecule has 0 aromatic heterocycles. The molecule has 23 heavy (non-hydrogen) atoms. The summed E-state index contributed by atoms with van der Waals surface area (Å²) >= 11 is 0. The van der Waals surface area contributed by atoms with Crippen molar-refractivity contribution in [2.45, 2.75) is 89.3 Å². The standard InChI is InChI=1S/C22H32O/c1-2-3-4-5-6-7-8-9-10-13-17-22-18-16-21(23-22)19-14-11-12-15-20(19)22/h11-12,14-16,18,21H,2-10,13,17H2,1H3. The van der Waals surface area contributed by atoms with Crippen molar-refractivity contribution in [3.63, 3.8) is 0 Å². The third-order valence-electron chi connectivity index (χ3n) is 5.50. The summed E-state index contributed by atoms with van der Waals surface area (Å²) in [5, 5.41) is 0. The molecule has 0 saturated carbocycles. The molecule has 0 aliphatic carbocycles. The molecule has 2 unspecified atom stereocenters. The third kappa shape index (κ3) is 3.88. The first kappa shape index (κ1) is 16.8. The molecule has 1 aromatic rings. The van der Waals surface area contributed by atoms with E-state index < -0.39 is 0 Å². The van der Waals surface area contributed by atoms with E-state index in [1.54, 1.807) is 0 Å². The van der Waals surface area contributed by atoms with E-state index in [1.165, 1.54) is 75.3 Å². The molecule has 0 saturated heterocycles. The molecule has 0 spiro atoms. The van der Waals surface area contributed by atoms with Gasteiger partial charge in [0.25, 0.3) is 0 Å². The van der Waals surface area contributed by atoms with E-state index in [1.807, 2.05) is 0 Å². The summed E-state index contributed by atoms with van der Waals surface area (Å²) in [5.74, 6) is 0. The highest BCUT2D eigenvalue weighted by Gasteiger charge is 2.45. The van der Waals surface area contributed by atoms with Gasteiger partial charge >= 0.3 is 0 Å². The van der Waals surface area contributed by atoms with Crippen LogP contribution in [0.25, 0.3) is 0 Å². The minimum Gasteiger partial charge on any atom is -0.354 e. The number of fused-ring (bicyclic) bond motifs is 5. The molecular weight excluding hydrogens is 280 g/mol. The molecule has 2 heterocycles. The summed E-state index contributed by atoms with van der Waals surface area (Å²) in [5.41, 5.74) is 2.71. The number of unbranched alkanes of at least 4 members (excludes halogenated alkanes) is 9. The van der Waals surface area contributed by atoms with Crippen LogP contribution >= 0.6 is 0 Å². The van der Waals surface area contributed by atoms with Crippen molar-refractivity contribution in [3.8, 4) is 0 Å². The second kappa shape index (κ2) is 8.15. The predicted molar refractivity (Wildman–Crippen MR) is 97.5 cm³/mol. The molecule has 0 amide bonds. The SMILES string of the molecule is CCCCCCCCCCCCC12C=CC(O1)c1ccccc12. The molecule has 3 rings (SSSR count). The Balaban J connectivity index is 1.32. The zero-order chi connectivity index (χ0) is 16.0. The van der Waals surface area contributed by atoms with Crippen LogP contribution in [0.5, 0.6) is 0 Å². The fraction of sp³-hybridized carbons (Fsp3) is 0.636. The highest BCUT2D eigenvalue weighted by Crippen LogP contribution is 2.52. The zero-order valence-corrected chi connectivity index (χ0v) is 14.7. The Morgan fingerprint density at radius 2 is 1.52 bits per heavy atom. The Bertz CT molecular complexity index is 518. The van der Waals surface area contributed by atoms with Crippen molar-refractivity contribution in [3.05, 3.63) is 47.5 Å². The number of benzene rings is 1. The van der Waals surface area contributed by atoms with E-state index >= 15 is 0 Å². The van der Waals surface area contributed by atoms with Crippen LogP contribution in [0.15, 0.2) is 36.4 Å². The Morgan fingerprint density at radius 3 is 2.26 bits per heavy atom. The van der Waals surface area contributed by atoms with Crippen LogP contribution in [0.3, 0.4) is 0 Å². The number of hydrogen-bond acceptors (Lipinski definition) is 1. The highest BCUT2D eigenvalue weighted by atomic mass is 16.5. The summed E-state index contributed by atoms with van der Waals surface area (Å²) in [6.07, 6.45) is 19.8. The molecule has 1 nitrogen and oxygen atoms in total. The Morgan fingerprint density at radius 1 is 0.870 bits per heavy atom. The fourth-order valence-electron chi connectivity index (χ4n) is 4.15. The Labute approximate surface area is 142 Å². The van der Waals surface area contributed by atoms with E-state index in [9.17, 15) is 0 Å². The van der Waals surface area contributed by atoms with Gasteiger partial charge in [-0.1, -0.05) is 95.1 Å². The smallest absolute Gasteiger partial charge is 0.113 e. The van der Waals surface area contributed by atoms with Gasteiger partial charge in [-0.25, -0.2) is 0 Å². The summed E-state index contributed by atoms with van der Waals surface area (Å²) in [4.78, 5) is 0. The van der Waals surface area contributed by atoms with Crippen LogP contribution in [0.4, 0.5) is 0 Å². The van der Waals surface area contributed by atoms with Gasteiger partial charge in [0.05, 0.1) is 0 Å². The van der Waals surface area contributed by atoms with Crippen molar-refractivity contribution in [1.82, 2.24) is 0 Å². The van der Waals surface area contributed by atoms with Crippen LogP contribution in [0.1, 0.15) is 94.8 Å². The zero-order valence-electron chi connectivity index (χ0n) is 14.7. The van der Waals surface area contributed by atoms with Crippen LogP contribution in [-0.2, 0) is 10.3 Å². The molecule has 0 radical (unpaired) electrons. The molecule has 1 heteroatoms. The maximum atomic E-state index is 6.30. The molecule has 2 atom stereocenters. The van der Waals surface area contributed by atoms with Crippen molar-refractivity contribution >= 4 is 0 Å². The number of ether oxygens (including phenoxy) is 1. The first-order valence-corrected chi connectivity index (χ1v) is 9.82. The first-order chi connectivity index (χ1) is 11.4. The summed E-state index contributed by atoms with van der Waals surface area (Å²) in [7, 11) is 0. The first-order valence-electron chi connectivity index (χ1n) is 9.82. The summed E-state index contributed by atoms with van der Waals surface area (Å²) in [6.45, 7) is 2.29. The van der Waals surface area contributed by atoms with Crippen LogP contribution < -0.4 is 0 Å². The van der Waals surface area contributed by atoms with E-state index in [0.29, 0.717) is 0 Å². The van der Waals surface area contributed by atoms with Gasteiger partial charge in [0.15, 0.2) is 0 Å². The van der Waals surface area contributed by atoms with Crippen molar-refractivity contribution in [2.75, 3.05) is 0 Å². The topological polar surface area (TPSA) is 9.23 Å². The van der Waals surface area contributed by atoms with Crippen molar-refractivity contribution in [2.24, 2.45) is 0 Å².